The number of urea groups is 1. The lowest BCUT2D eigenvalue weighted by Crippen LogP contribution is -2.42. The molecule has 0 aliphatic heterocycles. The van der Waals surface area contributed by atoms with Crippen molar-refractivity contribution in [2.75, 3.05) is 26.7 Å². The minimum absolute atomic E-state index is 0.196. The molecule has 0 bridgehead atoms. The number of amides is 2. The molecule has 1 saturated carbocycles. The largest absolute Gasteiger partial charge is 0.481 e. The molecule has 2 amide bonds. The number of rotatable bonds is 7. The summed E-state index contributed by atoms with van der Waals surface area (Å²) in [6.45, 7) is 4.95. The molecule has 3 atom stereocenters. The quantitative estimate of drug-likeness (QED) is 0.704. The number of hydrogen-bond acceptors (Lipinski definition) is 3. The van der Waals surface area contributed by atoms with E-state index in [1.54, 1.807) is 14.0 Å². The van der Waals surface area contributed by atoms with Crippen LogP contribution in [0.5, 0.6) is 0 Å². The zero-order chi connectivity index (χ0) is 15.8. The zero-order valence-corrected chi connectivity index (χ0v) is 13.3. The molecule has 2 N–H and O–H groups in total. The standard InChI is InChI=1S/C15H28N2O4/c1-11-6-4-5-7-13(11)21-9-8-16-15(20)17(3)10-12(2)14(18)19/h11-13H,4-10H2,1-3H3,(H,16,20)(H,18,19). The fourth-order valence-corrected chi connectivity index (χ4v) is 2.60. The Labute approximate surface area is 126 Å². The monoisotopic (exact) mass is 300 g/mol. The van der Waals surface area contributed by atoms with Crippen LogP contribution in [0.15, 0.2) is 0 Å². The maximum absolute atomic E-state index is 11.8. The lowest BCUT2D eigenvalue weighted by molar-refractivity contribution is -0.141. The van der Waals surface area contributed by atoms with Gasteiger partial charge in [-0.25, -0.2) is 4.79 Å². The van der Waals surface area contributed by atoms with Gasteiger partial charge in [-0.05, 0) is 18.8 Å². The van der Waals surface area contributed by atoms with Gasteiger partial charge >= 0.3 is 12.0 Å². The van der Waals surface area contributed by atoms with Gasteiger partial charge in [0.1, 0.15) is 0 Å². The van der Waals surface area contributed by atoms with Crippen LogP contribution in [-0.4, -0.2) is 54.9 Å². The number of hydrogen-bond donors (Lipinski definition) is 2. The molecule has 6 nitrogen and oxygen atoms in total. The maximum atomic E-state index is 11.8. The van der Waals surface area contributed by atoms with Gasteiger partial charge in [0.15, 0.2) is 0 Å². The molecule has 0 aromatic heterocycles. The number of carboxylic acids is 1. The summed E-state index contributed by atoms with van der Waals surface area (Å²) in [6, 6.07) is -0.261. The molecule has 1 aliphatic rings. The van der Waals surface area contributed by atoms with Crippen molar-refractivity contribution in [3.05, 3.63) is 0 Å². The third-order valence-corrected chi connectivity index (χ3v) is 4.06. The molecule has 1 fully saturated rings. The maximum Gasteiger partial charge on any atom is 0.317 e. The molecule has 0 aromatic carbocycles. The Morgan fingerprint density at radius 2 is 2.05 bits per heavy atom. The Kier molecular flexibility index (Phi) is 7.50. The second kappa shape index (κ2) is 8.87. The number of carbonyl (C=O) groups is 2. The van der Waals surface area contributed by atoms with Crippen molar-refractivity contribution >= 4 is 12.0 Å². The van der Waals surface area contributed by atoms with Crippen molar-refractivity contribution < 1.29 is 19.4 Å². The van der Waals surface area contributed by atoms with Gasteiger partial charge in [0.25, 0.3) is 0 Å². The van der Waals surface area contributed by atoms with Gasteiger partial charge in [-0.15, -0.1) is 0 Å². The summed E-state index contributed by atoms with van der Waals surface area (Å²) in [5.74, 6) is -0.877. The first-order valence-corrected chi connectivity index (χ1v) is 7.75. The van der Waals surface area contributed by atoms with Crippen LogP contribution >= 0.6 is 0 Å². The molecule has 0 spiro atoms. The van der Waals surface area contributed by atoms with E-state index in [4.69, 9.17) is 9.84 Å². The van der Waals surface area contributed by atoms with Gasteiger partial charge in [0.05, 0.1) is 18.6 Å². The van der Waals surface area contributed by atoms with E-state index in [-0.39, 0.29) is 12.6 Å². The van der Waals surface area contributed by atoms with Gasteiger partial charge in [0, 0.05) is 20.1 Å². The number of carboxylic acid groups (broad SMARTS) is 1. The minimum Gasteiger partial charge on any atom is -0.481 e. The summed E-state index contributed by atoms with van der Waals surface area (Å²) >= 11 is 0. The van der Waals surface area contributed by atoms with Crippen LogP contribution in [0.1, 0.15) is 39.5 Å². The second-order valence-electron chi connectivity index (χ2n) is 6.02. The first-order valence-electron chi connectivity index (χ1n) is 7.75. The third kappa shape index (κ3) is 6.33. The van der Waals surface area contributed by atoms with Crippen molar-refractivity contribution in [3.63, 3.8) is 0 Å². The predicted octanol–water partition coefficient (Wildman–Crippen LogP) is 1.94. The Bertz CT molecular complexity index is 349. The Hall–Kier alpha value is -1.30. The summed E-state index contributed by atoms with van der Waals surface area (Å²) in [5, 5.41) is 11.6. The van der Waals surface area contributed by atoms with Gasteiger partial charge in [-0.3, -0.25) is 4.79 Å². The smallest absolute Gasteiger partial charge is 0.317 e. The molecule has 0 saturated heterocycles. The highest BCUT2D eigenvalue weighted by Crippen LogP contribution is 2.25. The van der Waals surface area contributed by atoms with E-state index < -0.39 is 11.9 Å². The molecular formula is C15H28N2O4. The Morgan fingerprint density at radius 1 is 1.38 bits per heavy atom. The Balaban J connectivity index is 2.16. The van der Waals surface area contributed by atoms with Crippen LogP contribution in [0.25, 0.3) is 0 Å². The lowest BCUT2D eigenvalue weighted by atomic mass is 9.88. The van der Waals surface area contributed by atoms with Gasteiger partial charge in [-0.1, -0.05) is 26.7 Å². The number of nitrogens with one attached hydrogen (secondary N) is 1. The fraction of sp³-hybridized carbons (Fsp3) is 0.867. The van der Waals surface area contributed by atoms with E-state index in [0.29, 0.717) is 25.2 Å². The Morgan fingerprint density at radius 3 is 2.67 bits per heavy atom. The summed E-state index contributed by atoms with van der Waals surface area (Å²) in [6.07, 6.45) is 5.12. The van der Waals surface area contributed by atoms with Crippen LogP contribution < -0.4 is 5.32 Å². The van der Waals surface area contributed by atoms with Crippen molar-refractivity contribution in [1.82, 2.24) is 10.2 Å². The normalized spacial score (nSPS) is 23.4. The molecule has 21 heavy (non-hydrogen) atoms. The highest BCUT2D eigenvalue weighted by molar-refractivity contribution is 5.75. The number of carbonyl (C=O) groups excluding carboxylic acids is 1. The summed E-state index contributed by atoms with van der Waals surface area (Å²) in [4.78, 5) is 23.9. The second-order valence-corrected chi connectivity index (χ2v) is 6.02. The van der Waals surface area contributed by atoms with E-state index in [0.717, 1.165) is 6.42 Å². The zero-order valence-electron chi connectivity index (χ0n) is 13.3. The van der Waals surface area contributed by atoms with E-state index in [2.05, 4.69) is 12.2 Å². The van der Waals surface area contributed by atoms with Crippen molar-refractivity contribution in [2.24, 2.45) is 11.8 Å². The van der Waals surface area contributed by atoms with E-state index in [1.165, 1.54) is 24.2 Å². The highest BCUT2D eigenvalue weighted by Gasteiger charge is 2.21. The fourth-order valence-electron chi connectivity index (χ4n) is 2.60. The molecule has 0 heterocycles. The molecule has 3 unspecified atom stereocenters. The number of nitrogens with zero attached hydrogens (tertiary/aromatic N) is 1. The summed E-state index contributed by atoms with van der Waals surface area (Å²) in [5.41, 5.74) is 0. The van der Waals surface area contributed by atoms with E-state index in [1.807, 2.05) is 0 Å². The minimum atomic E-state index is -0.899. The summed E-state index contributed by atoms with van der Waals surface area (Å²) < 4.78 is 5.82. The molecule has 1 rings (SSSR count). The molecule has 1 aliphatic carbocycles. The molecule has 0 aromatic rings. The van der Waals surface area contributed by atoms with Crippen LogP contribution in [-0.2, 0) is 9.53 Å². The average molecular weight is 300 g/mol. The predicted molar refractivity (Wildman–Crippen MR) is 80.2 cm³/mol. The number of aliphatic carboxylic acids is 1. The molecular weight excluding hydrogens is 272 g/mol. The topological polar surface area (TPSA) is 78.9 Å². The third-order valence-electron chi connectivity index (χ3n) is 4.06. The first-order chi connectivity index (χ1) is 9.91. The van der Waals surface area contributed by atoms with Gasteiger partial charge < -0.3 is 20.1 Å². The van der Waals surface area contributed by atoms with Gasteiger partial charge in [0.2, 0.25) is 0 Å². The van der Waals surface area contributed by atoms with Crippen LogP contribution in [0.4, 0.5) is 4.79 Å². The average Bonchev–Trinajstić information content (AvgIpc) is 2.44. The van der Waals surface area contributed by atoms with Crippen molar-refractivity contribution in [2.45, 2.75) is 45.6 Å². The summed E-state index contributed by atoms with van der Waals surface area (Å²) in [7, 11) is 1.60. The van der Waals surface area contributed by atoms with E-state index in [9.17, 15) is 9.59 Å². The van der Waals surface area contributed by atoms with E-state index >= 15 is 0 Å². The highest BCUT2D eigenvalue weighted by atomic mass is 16.5. The van der Waals surface area contributed by atoms with Crippen LogP contribution in [0.3, 0.4) is 0 Å². The van der Waals surface area contributed by atoms with Crippen LogP contribution in [0.2, 0.25) is 0 Å². The van der Waals surface area contributed by atoms with Crippen molar-refractivity contribution in [3.8, 4) is 0 Å². The first kappa shape index (κ1) is 17.8. The molecule has 6 heteroatoms. The number of ether oxygens (including phenoxy) is 1. The van der Waals surface area contributed by atoms with Crippen molar-refractivity contribution in [1.29, 1.82) is 0 Å². The van der Waals surface area contributed by atoms with Crippen LogP contribution in [0, 0.1) is 11.8 Å². The van der Waals surface area contributed by atoms with Gasteiger partial charge in [-0.2, -0.15) is 0 Å². The SMILES string of the molecule is CC(CN(C)C(=O)NCCOC1CCCCC1C)C(=O)O. The molecule has 0 radical (unpaired) electrons. The molecule has 122 valence electrons. The lowest BCUT2D eigenvalue weighted by Gasteiger charge is -2.29.